The van der Waals surface area contributed by atoms with Crippen LogP contribution in [0.4, 0.5) is 10.7 Å². The van der Waals surface area contributed by atoms with Gasteiger partial charge in [-0.15, -0.1) is 11.3 Å². The first-order valence-electron chi connectivity index (χ1n) is 11.4. The zero-order valence-electron chi connectivity index (χ0n) is 21.2. The van der Waals surface area contributed by atoms with Gasteiger partial charge in [-0.3, -0.25) is 14.9 Å². The molecule has 0 fully saturated rings. The van der Waals surface area contributed by atoms with Crippen molar-refractivity contribution in [2.24, 2.45) is 0 Å². The average molecular weight is 536 g/mol. The van der Waals surface area contributed by atoms with Crippen molar-refractivity contribution in [3.63, 3.8) is 0 Å². The van der Waals surface area contributed by atoms with Crippen LogP contribution in [0.2, 0.25) is 0 Å². The number of methoxy groups -OCH3 is 1. The highest BCUT2D eigenvalue weighted by Gasteiger charge is 2.25. The van der Waals surface area contributed by atoms with Gasteiger partial charge in [-0.05, 0) is 44.0 Å². The highest BCUT2D eigenvalue weighted by Crippen LogP contribution is 2.37. The minimum absolute atomic E-state index is 0.0326. The number of esters is 1. The Labute approximate surface area is 223 Å². The number of carbonyl (C=O) groups is 2. The molecule has 0 spiro atoms. The molecule has 38 heavy (non-hydrogen) atoms. The second-order valence-corrected chi connectivity index (χ2v) is 9.15. The van der Waals surface area contributed by atoms with Crippen molar-refractivity contribution in [2.75, 3.05) is 19.0 Å². The Bertz CT molecular complexity index is 1440. The van der Waals surface area contributed by atoms with E-state index in [1.165, 1.54) is 19.2 Å². The second-order valence-electron chi connectivity index (χ2n) is 7.93. The van der Waals surface area contributed by atoms with Gasteiger partial charge in [-0.2, -0.15) is 5.26 Å². The van der Waals surface area contributed by atoms with Gasteiger partial charge in [0.25, 0.3) is 11.6 Å². The van der Waals surface area contributed by atoms with Crippen LogP contribution in [0, 0.1) is 35.3 Å². The summed E-state index contributed by atoms with van der Waals surface area (Å²) in [7, 11) is 1.38. The number of aryl methyl sites for hydroxylation is 1. The van der Waals surface area contributed by atoms with Gasteiger partial charge in [0, 0.05) is 4.88 Å². The molecule has 0 aliphatic heterocycles. The van der Waals surface area contributed by atoms with E-state index in [9.17, 15) is 25.0 Å². The summed E-state index contributed by atoms with van der Waals surface area (Å²) < 4.78 is 16.2. The van der Waals surface area contributed by atoms with Crippen molar-refractivity contribution in [3.8, 4) is 17.6 Å². The summed E-state index contributed by atoms with van der Waals surface area (Å²) >= 11 is 1.16. The van der Waals surface area contributed by atoms with E-state index in [2.05, 4.69) is 5.32 Å². The molecule has 0 unspecified atom stereocenters. The summed E-state index contributed by atoms with van der Waals surface area (Å²) in [6.45, 7) is 5.49. The predicted octanol–water partition coefficient (Wildman–Crippen LogP) is 5.58. The quantitative estimate of drug-likeness (QED) is 0.117. The lowest BCUT2D eigenvalue weighted by Crippen LogP contribution is -2.16. The number of amides is 1. The van der Waals surface area contributed by atoms with E-state index in [4.69, 9.17) is 14.2 Å². The average Bonchev–Trinajstić information content (AvgIpc) is 3.18. The fourth-order valence-electron chi connectivity index (χ4n) is 3.48. The van der Waals surface area contributed by atoms with Crippen LogP contribution in [0.25, 0.3) is 6.08 Å². The molecule has 3 rings (SSSR count). The summed E-state index contributed by atoms with van der Waals surface area (Å²) in [6, 6.07) is 13.5. The summed E-state index contributed by atoms with van der Waals surface area (Å²) in [5.41, 5.74) is 0.877. The Balaban J connectivity index is 1.95. The van der Waals surface area contributed by atoms with Gasteiger partial charge >= 0.3 is 5.97 Å². The normalized spacial score (nSPS) is 10.9. The Hall–Kier alpha value is -4.69. The smallest absolute Gasteiger partial charge is 0.341 e. The van der Waals surface area contributed by atoms with Crippen LogP contribution < -0.4 is 14.8 Å². The van der Waals surface area contributed by atoms with E-state index in [1.807, 2.05) is 30.3 Å². The number of nitrogens with one attached hydrogen (secondary N) is 1. The molecular formula is C27H25N3O7S. The maximum Gasteiger partial charge on any atom is 0.341 e. The lowest BCUT2D eigenvalue weighted by molar-refractivity contribution is -0.385. The largest absolute Gasteiger partial charge is 0.493 e. The Kier molecular flexibility index (Phi) is 9.18. The third kappa shape index (κ3) is 6.35. The molecule has 0 radical (unpaired) electrons. The Morgan fingerprint density at radius 2 is 1.89 bits per heavy atom. The number of thiophene rings is 1. The molecule has 11 heteroatoms. The van der Waals surface area contributed by atoms with Gasteiger partial charge in [-0.25, -0.2) is 4.79 Å². The van der Waals surface area contributed by atoms with Crippen LogP contribution in [-0.4, -0.2) is 30.5 Å². The second kappa shape index (κ2) is 12.5. The van der Waals surface area contributed by atoms with Crippen LogP contribution in [0.1, 0.15) is 38.8 Å². The molecule has 0 saturated carbocycles. The number of nitro groups is 1. The molecule has 1 aromatic heterocycles. The molecule has 0 saturated heterocycles. The Morgan fingerprint density at radius 1 is 1.18 bits per heavy atom. The van der Waals surface area contributed by atoms with Crippen molar-refractivity contribution in [1.29, 1.82) is 5.26 Å². The first-order chi connectivity index (χ1) is 18.2. The topological polar surface area (TPSA) is 141 Å². The molecule has 1 heterocycles. The first kappa shape index (κ1) is 27.9. The van der Waals surface area contributed by atoms with Gasteiger partial charge in [0.15, 0.2) is 11.5 Å². The fourth-order valence-corrected chi connectivity index (χ4v) is 4.53. The molecule has 3 aromatic rings. The van der Waals surface area contributed by atoms with Crippen LogP contribution >= 0.6 is 11.3 Å². The van der Waals surface area contributed by atoms with Gasteiger partial charge in [0.05, 0.1) is 35.8 Å². The maximum absolute atomic E-state index is 13.0. The fraction of sp³-hybridized carbons (Fsp3) is 0.222. The number of anilines is 1. The molecule has 196 valence electrons. The van der Waals surface area contributed by atoms with E-state index in [1.54, 1.807) is 26.8 Å². The predicted molar refractivity (Wildman–Crippen MR) is 142 cm³/mol. The number of ether oxygens (including phenoxy) is 3. The van der Waals surface area contributed by atoms with E-state index >= 15 is 0 Å². The summed E-state index contributed by atoms with van der Waals surface area (Å²) in [5.74, 6) is -1.12. The van der Waals surface area contributed by atoms with Crippen molar-refractivity contribution < 1.29 is 28.7 Å². The molecule has 1 amide bonds. The van der Waals surface area contributed by atoms with Crippen molar-refractivity contribution in [3.05, 3.63) is 85.3 Å². The monoisotopic (exact) mass is 535 g/mol. The van der Waals surface area contributed by atoms with Gasteiger partial charge in [0.1, 0.15) is 23.3 Å². The summed E-state index contributed by atoms with van der Waals surface area (Å²) in [5, 5.41) is 24.3. The van der Waals surface area contributed by atoms with Crippen LogP contribution in [0.3, 0.4) is 0 Å². The number of hydrogen-bond acceptors (Lipinski definition) is 9. The molecule has 0 atom stereocenters. The van der Waals surface area contributed by atoms with E-state index in [-0.39, 0.29) is 46.5 Å². The summed E-state index contributed by atoms with van der Waals surface area (Å²) in [4.78, 5) is 37.4. The number of nitro benzene ring substituents is 1. The highest BCUT2D eigenvalue weighted by molar-refractivity contribution is 7.16. The first-order valence-corrected chi connectivity index (χ1v) is 12.2. The number of carbonyl (C=O) groups excluding carboxylic acids is 2. The van der Waals surface area contributed by atoms with Crippen LogP contribution in [-0.2, 0) is 16.1 Å². The number of nitriles is 1. The minimum atomic E-state index is -0.836. The van der Waals surface area contributed by atoms with E-state index < -0.39 is 22.4 Å². The third-order valence-electron chi connectivity index (χ3n) is 5.50. The lowest BCUT2D eigenvalue weighted by Gasteiger charge is -2.12. The molecule has 1 N–H and O–H groups in total. The maximum atomic E-state index is 13.0. The molecule has 2 aromatic carbocycles. The van der Waals surface area contributed by atoms with Gasteiger partial charge < -0.3 is 19.5 Å². The molecule has 0 bridgehead atoms. The van der Waals surface area contributed by atoms with E-state index in [0.29, 0.717) is 5.56 Å². The molecule has 10 nitrogen and oxygen atoms in total. The number of nitrogens with zero attached hydrogens (tertiary/aromatic N) is 2. The van der Waals surface area contributed by atoms with Crippen molar-refractivity contribution in [1.82, 2.24) is 0 Å². The highest BCUT2D eigenvalue weighted by atomic mass is 32.1. The van der Waals surface area contributed by atoms with E-state index in [0.717, 1.165) is 27.9 Å². The van der Waals surface area contributed by atoms with Gasteiger partial charge in [-0.1, -0.05) is 30.3 Å². The third-order valence-corrected chi connectivity index (χ3v) is 6.63. The van der Waals surface area contributed by atoms with Crippen molar-refractivity contribution in [2.45, 2.75) is 27.4 Å². The Morgan fingerprint density at radius 3 is 2.50 bits per heavy atom. The SMILES string of the molecule is CCOC(=O)c1c(NC(=O)/C(C#N)=C/c2cc(OC)c(OCc3ccccc3)cc2[N+](=O)[O-])sc(C)c1C. The number of rotatable bonds is 10. The molecule has 0 aliphatic rings. The molecular weight excluding hydrogens is 510 g/mol. The van der Waals surface area contributed by atoms with Crippen LogP contribution in [0.5, 0.6) is 11.5 Å². The van der Waals surface area contributed by atoms with Crippen molar-refractivity contribution >= 4 is 40.0 Å². The minimum Gasteiger partial charge on any atom is -0.493 e. The number of benzene rings is 2. The standard InChI is InChI=1S/C27H25N3O7S/c1-5-36-27(32)24-16(2)17(3)38-26(24)29-25(31)20(14-28)11-19-12-22(35-4)23(13-21(19)30(33)34)37-15-18-9-7-6-8-10-18/h6-13H,5,15H2,1-4H3,(H,29,31)/b20-11+. The number of hydrogen-bond donors (Lipinski definition) is 1. The zero-order chi connectivity index (χ0) is 27.8. The zero-order valence-corrected chi connectivity index (χ0v) is 22.0. The van der Waals surface area contributed by atoms with Gasteiger partial charge in [0.2, 0.25) is 0 Å². The summed E-state index contributed by atoms with van der Waals surface area (Å²) in [6.07, 6.45) is 1.09. The lowest BCUT2D eigenvalue weighted by atomic mass is 10.1. The van der Waals surface area contributed by atoms with Crippen LogP contribution in [0.15, 0.2) is 48.0 Å². The molecule has 0 aliphatic carbocycles.